The second-order valence-corrected chi connectivity index (χ2v) is 6.11. The van der Waals surface area contributed by atoms with Crippen molar-refractivity contribution in [2.24, 2.45) is 4.99 Å². The third-order valence-electron chi connectivity index (χ3n) is 3.82. The average Bonchev–Trinajstić information content (AvgIpc) is 2.59. The molecule has 0 unspecified atom stereocenters. The molecular weight excluding hydrogens is 304 g/mol. The van der Waals surface area contributed by atoms with Gasteiger partial charge in [0.1, 0.15) is 11.8 Å². The molecule has 0 spiro atoms. The summed E-state index contributed by atoms with van der Waals surface area (Å²) in [5.41, 5.74) is 2.19. The zero-order valence-electron chi connectivity index (χ0n) is 14.8. The highest BCUT2D eigenvalue weighted by Crippen LogP contribution is 2.28. The predicted octanol–water partition coefficient (Wildman–Crippen LogP) is 2.19. The number of benzene rings is 1. The Hall–Kier alpha value is -2.10. The first-order chi connectivity index (χ1) is 11.6. The molecule has 1 aliphatic rings. The van der Waals surface area contributed by atoms with Gasteiger partial charge in [0.15, 0.2) is 0 Å². The van der Waals surface area contributed by atoms with Gasteiger partial charge >= 0.3 is 0 Å². The molecule has 1 fully saturated rings. The molecule has 1 heterocycles. The van der Waals surface area contributed by atoms with E-state index < -0.39 is 0 Å². The minimum Gasteiger partial charge on any atom is -0.493 e. The summed E-state index contributed by atoms with van der Waals surface area (Å²) in [4.78, 5) is 8.57. The summed E-state index contributed by atoms with van der Waals surface area (Å²) in [5.74, 6) is 0.761. The zero-order chi connectivity index (χ0) is 17.4. The van der Waals surface area contributed by atoms with Crippen LogP contribution in [-0.2, 0) is 4.74 Å². The second kappa shape index (κ2) is 9.26. The fourth-order valence-electron chi connectivity index (χ4n) is 2.50. The van der Waals surface area contributed by atoms with Gasteiger partial charge in [-0.1, -0.05) is 0 Å². The van der Waals surface area contributed by atoms with Gasteiger partial charge in [-0.2, -0.15) is 5.26 Å². The van der Waals surface area contributed by atoms with Crippen LogP contribution in [0.1, 0.15) is 17.5 Å². The van der Waals surface area contributed by atoms with Crippen LogP contribution in [0.5, 0.6) is 5.75 Å². The van der Waals surface area contributed by atoms with Crippen molar-refractivity contribution in [1.82, 2.24) is 9.80 Å². The minimum absolute atomic E-state index is 0.530. The predicted molar refractivity (Wildman–Crippen MR) is 95.1 cm³/mol. The van der Waals surface area contributed by atoms with E-state index in [4.69, 9.17) is 9.47 Å². The molecule has 2 rings (SSSR count). The van der Waals surface area contributed by atoms with Crippen molar-refractivity contribution < 1.29 is 9.47 Å². The molecule has 0 aromatic heterocycles. The summed E-state index contributed by atoms with van der Waals surface area (Å²) in [6.07, 6.45) is 2.65. The molecule has 130 valence electrons. The first kappa shape index (κ1) is 18.2. The maximum absolute atomic E-state index is 9.33. The van der Waals surface area contributed by atoms with Gasteiger partial charge in [0.2, 0.25) is 0 Å². The van der Waals surface area contributed by atoms with E-state index in [9.17, 15) is 5.26 Å². The van der Waals surface area contributed by atoms with Crippen molar-refractivity contribution in [3.63, 3.8) is 0 Å². The molecule has 0 aliphatic carbocycles. The molecule has 0 N–H and O–H groups in total. The van der Waals surface area contributed by atoms with Gasteiger partial charge in [0.25, 0.3) is 0 Å². The average molecular weight is 330 g/mol. The molecule has 1 aromatic carbocycles. The molecule has 0 bridgehead atoms. The molecule has 1 aromatic rings. The topological polar surface area (TPSA) is 61.1 Å². The molecule has 1 aliphatic heterocycles. The van der Waals surface area contributed by atoms with Gasteiger partial charge in [-0.05, 0) is 25.0 Å². The SMILES string of the molecule is Cc1cc(/N=C/N(C)C)c(C#N)cc1OCCCN1CCOCC1. The van der Waals surface area contributed by atoms with Crippen LogP contribution in [0.4, 0.5) is 5.69 Å². The number of hydrogen-bond donors (Lipinski definition) is 0. The first-order valence-corrected chi connectivity index (χ1v) is 8.28. The lowest BCUT2D eigenvalue weighted by Crippen LogP contribution is -2.37. The standard InChI is InChI=1S/C18H26N4O2/c1-15-11-17(20-14-21(2)3)16(13-19)12-18(15)24-8-4-5-22-6-9-23-10-7-22/h11-12,14H,4-10H2,1-3H3/b20-14+. The van der Waals surface area contributed by atoms with Crippen LogP contribution in [0.2, 0.25) is 0 Å². The largest absolute Gasteiger partial charge is 0.493 e. The van der Waals surface area contributed by atoms with E-state index >= 15 is 0 Å². The van der Waals surface area contributed by atoms with Crippen LogP contribution < -0.4 is 4.74 Å². The monoisotopic (exact) mass is 330 g/mol. The number of rotatable bonds is 7. The highest BCUT2D eigenvalue weighted by atomic mass is 16.5. The summed E-state index contributed by atoms with van der Waals surface area (Å²) in [7, 11) is 3.79. The maximum atomic E-state index is 9.33. The number of nitriles is 1. The van der Waals surface area contributed by atoms with Gasteiger partial charge in [0, 0.05) is 39.8 Å². The third-order valence-corrected chi connectivity index (χ3v) is 3.82. The molecule has 0 radical (unpaired) electrons. The Morgan fingerprint density at radius 1 is 1.38 bits per heavy atom. The Labute approximate surface area is 144 Å². The highest BCUT2D eigenvalue weighted by Gasteiger charge is 2.11. The fourth-order valence-corrected chi connectivity index (χ4v) is 2.50. The number of ether oxygens (including phenoxy) is 2. The van der Waals surface area contributed by atoms with Crippen molar-refractivity contribution >= 4 is 12.0 Å². The summed E-state index contributed by atoms with van der Waals surface area (Å²) in [5, 5.41) is 9.33. The Morgan fingerprint density at radius 2 is 2.12 bits per heavy atom. The van der Waals surface area contributed by atoms with Crippen molar-refractivity contribution in [3.8, 4) is 11.8 Å². The van der Waals surface area contributed by atoms with E-state index in [2.05, 4.69) is 16.0 Å². The number of hydrogen-bond acceptors (Lipinski definition) is 5. The number of aryl methyl sites for hydroxylation is 1. The number of nitrogens with zero attached hydrogens (tertiary/aromatic N) is 4. The van der Waals surface area contributed by atoms with Gasteiger partial charge in [0.05, 0.1) is 37.4 Å². The first-order valence-electron chi connectivity index (χ1n) is 8.28. The van der Waals surface area contributed by atoms with Gasteiger partial charge < -0.3 is 14.4 Å². The van der Waals surface area contributed by atoms with E-state index in [-0.39, 0.29) is 0 Å². The normalized spacial score (nSPS) is 15.4. The van der Waals surface area contributed by atoms with Gasteiger partial charge in [-0.25, -0.2) is 4.99 Å². The van der Waals surface area contributed by atoms with Crippen LogP contribution in [-0.4, -0.2) is 69.7 Å². The molecule has 0 atom stereocenters. The van der Waals surface area contributed by atoms with Gasteiger partial charge in [-0.3, -0.25) is 4.90 Å². The van der Waals surface area contributed by atoms with Crippen molar-refractivity contribution in [3.05, 3.63) is 23.3 Å². The summed E-state index contributed by atoms with van der Waals surface area (Å²) in [6, 6.07) is 5.88. The number of morpholine rings is 1. The molecule has 1 saturated heterocycles. The molecule has 0 amide bonds. The van der Waals surface area contributed by atoms with Crippen molar-refractivity contribution in [2.45, 2.75) is 13.3 Å². The molecular formula is C18H26N4O2. The fraction of sp³-hybridized carbons (Fsp3) is 0.556. The maximum Gasteiger partial charge on any atom is 0.123 e. The molecule has 24 heavy (non-hydrogen) atoms. The third kappa shape index (κ3) is 5.52. The quantitative estimate of drug-likeness (QED) is 0.436. The Balaban J connectivity index is 1.91. The summed E-state index contributed by atoms with van der Waals surface area (Å²) in [6.45, 7) is 7.27. The van der Waals surface area contributed by atoms with Crippen LogP contribution in [0.3, 0.4) is 0 Å². The van der Waals surface area contributed by atoms with Crippen LogP contribution in [0.25, 0.3) is 0 Å². The Morgan fingerprint density at radius 3 is 2.79 bits per heavy atom. The van der Waals surface area contributed by atoms with E-state index in [1.807, 2.05) is 32.0 Å². The minimum atomic E-state index is 0.530. The lowest BCUT2D eigenvalue weighted by atomic mass is 10.1. The van der Waals surface area contributed by atoms with E-state index in [1.165, 1.54) is 0 Å². The van der Waals surface area contributed by atoms with Gasteiger partial charge in [-0.15, -0.1) is 0 Å². The Bertz CT molecular complexity index is 602. The zero-order valence-corrected chi connectivity index (χ0v) is 14.8. The molecule has 6 heteroatoms. The van der Waals surface area contributed by atoms with Crippen LogP contribution in [0.15, 0.2) is 17.1 Å². The number of aliphatic imine (C=N–C) groups is 1. The molecule has 6 nitrogen and oxygen atoms in total. The van der Waals surface area contributed by atoms with Crippen molar-refractivity contribution in [2.75, 3.05) is 53.6 Å². The van der Waals surface area contributed by atoms with E-state index in [0.29, 0.717) is 17.9 Å². The Kier molecular flexibility index (Phi) is 7.04. The second-order valence-electron chi connectivity index (χ2n) is 6.11. The van der Waals surface area contributed by atoms with E-state index in [1.54, 1.807) is 12.4 Å². The highest BCUT2D eigenvalue weighted by molar-refractivity contribution is 5.67. The molecule has 0 saturated carbocycles. The smallest absolute Gasteiger partial charge is 0.123 e. The summed E-state index contributed by atoms with van der Waals surface area (Å²) >= 11 is 0. The van der Waals surface area contributed by atoms with E-state index in [0.717, 1.165) is 50.6 Å². The lowest BCUT2D eigenvalue weighted by Gasteiger charge is -2.26. The van der Waals surface area contributed by atoms with Crippen molar-refractivity contribution in [1.29, 1.82) is 5.26 Å². The van der Waals surface area contributed by atoms with Crippen LogP contribution in [0, 0.1) is 18.3 Å². The summed E-state index contributed by atoms with van der Waals surface area (Å²) < 4.78 is 11.2. The van der Waals surface area contributed by atoms with Crippen LogP contribution >= 0.6 is 0 Å². The lowest BCUT2D eigenvalue weighted by molar-refractivity contribution is 0.0358.